The minimum atomic E-state index is 0.861. The molecule has 0 heterocycles. The summed E-state index contributed by atoms with van der Waals surface area (Å²) in [5.74, 6) is 0. The molecule has 0 bridgehead atoms. The number of para-hydroxylation sites is 1. The van der Waals surface area contributed by atoms with Gasteiger partial charge >= 0.3 is 0 Å². The van der Waals surface area contributed by atoms with Crippen molar-refractivity contribution >= 4 is 5.69 Å². The van der Waals surface area contributed by atoms with Gasteiger partial charge in [-0.2, -0.15) is 0 Å². The predicted octanol–water partition coefficient (Wildman–Crippen LogP) is 3.31. The first-order chi connectivity index (χ1) is 7.43. The van der Waals surface area contributed by atoms with E-state index in [4.69, 9.17) is 4.74 Å². The second-order valence-corrected chi connectivity index (χ2v) is 3.61. The molecule has 0 fully saturated rings. The molecule has 0 saturated heterocycles. The summed E-state index contributed by atoms with van der Waals surface area (Å²) in [4.78, 5) is 0. The Hall–Kier alpha value is -1.02. The molecule has 0 atom stereocenters. The summed E-state index contributed by atoms with van der Waals surface area (Å²) in [6, 6.07) is 10.3. The summed E-state index contributed by atoms with van der Waals surface area (Å²) in [5, 5.41) is 3.36. The second kappa shape index (κ2) is 8.30. The van der Waals surface area contributed by atoms with Gasteiger partial charge in [0.2, 0.25) is 0 Å². The first-order valence-corrected chi connectivity index (χ1v) is 5.80. The van der Waals surface area contributed by atoms with Crippen LogP contribution in [0.4, 0.5) is 5.69 Å². The van der Waals surface area contributed by atoms with E-state index >= 15 is 0 Å². The number of hydrogen-bond donors (Lipinski definition) is 1. The zero-order chi connectivity index (χ0) is 10.8. The summed E-state index contributed by atoms with van der Waals surface area (Å²) >= 11 is 0. The van der Waals surface area contributed by atoms with Crippen LogP contribution in [0.15, 0.2) is 30.3 Å². The van der Waals surface area contributed by atoms with Crippen LogP contribution in [0.1, 0.15) is 26.2 Å². The summed E-state index contributed by atoms with van der Waals surface area (Å²) in [6.07, 6.45) is 3.45. The van der Waals surface area contributed by atoms with Crippen molar-refractivity contribution in [1.29, 1.82) is 0 Å². The Kier molecular flexibility index (Phi) is 6.67. The van der Waals surface area contributed by atoms with Crippen molar-refractivity contribution in [1.82, 2.24) is 0 Å². The van der Waals surface area contributed by atoms with Gasteiger partial charge in [-0.3, -0.25) is 0 Å². The SMILES string of the molecule is CCCCOCCCNc1ccccc1. The van der Waals surface area contributed by atoms with E-state index in [1.165, 1.54) is 18.5 Å². The molecule has 0 amide bonds. The molecule has 0 aliphatic carbocycles. The van der Waals surface area contributed by atoms with Gasteiger partial charge in [-0.15, -0.1) is 0 Å². The number of nitrogens with one attached hydrogen (secondary N) is 1. The van der Waals surface area contributed by atoms with Gasteiger partial charge in [-0.05, 0) is 25.0 Å². The molecule has 2 heteroatoms. The molecule has 0 unspecified atom stereocenters. The van der Waals surface area contributed by atoms with Crippen LogP contribution < -0.4 is 5.32 Å². The van der Waals surface area contributed by atoms with Gasteiger partial charge < -0.3 is 10.1 Å². The van der Waals surface area contributed by atoms with Gasteiger partial charge in [0, 0.05) is 25.4 Å². The first-order valence-electron chi connectivity index (χ1n) is 5.80. The highest BCUT2D eigenvalue weighted by atomic mass is 16.5. The Morgan fingerprint density at radius 2 is 1.80 bits per heavy atom. The van der Waals surface area contributed by atoms with E-state index in [9.17, 15) is 0 Å². The molecule has 0 radical (unpaired) electrons. The Balaban J connectivity index is 1.93. The molecule has 1 N–H and O–H groups in total. The molecule has 84 valence electrons. The molecule has 1 aromatic rings. The van der Waals surface area contributed by atoms with Gasteiger partial charge in [0.25, 0.3) is 0 Å². The Morgan fingerprint density at radius 1 is 1.07 bits per heavy atom. The summed E-state index contributed by atoms with van der Waals surface area (Å²) in [7, 11) is 0. The van der Waals surface area contributed by atoms with Crippen molar-refractivity contribution in [3.63, 3.8) is 0 Å². The molecule has 15 heavy (non-hydrogen) atoms. The van der Waals surface area contributed by atoms with E-state index < -0.39 is 0 Å². The first kappa shape index (κ1) is 12.1. The number of unbranched alkanes of at least 4 members (excludes halogenated alkanes) is 1. The molecule has 0 aliphatic rings. The smallest absolute Gasteiger partial charge is 0.0482 e. The highest BCUT2D eigenvalue weighted by Crippen LogP contribution is 2.04. The van der Waals surface area contributed by atoms with Gasteiger partial charge in [0.15, 0.2) is 0 Å². The highest BCUT2D eigenvalue weighted by Gasteiger charge is 1.90. The lowest BCUT2D eigenvalue weighted by Crippen LogP contribution is -2.06. The lowest BCUT2D eigenvalue weighted by Gasteiger charge is -2.06. The van der Waals surface area contributed by atoms with Crippen LogP contribution in [0.5, 0.6) is 0 Å². The van der Waals surface area contributed by atoms with Crippen molar-refractivity contribution < 1.29 is 4.74 Å². The highest BCUT2D eigenvalue weighted by molar-refractivity contribution is 5.42. The average Bonchev–Trinajstić information content (AvgIpc) is 2.29. The normalized spacial score (nSPS) is 10.2. The summed E-state index contributed by atoms with van der Waals surface area (Å²) in [5.41, 5.74) is 1.19. The van der Waals surface area contributed by atoms with Crippen molar-refractivity contribution in [3.05, 3.63) is 30.3 Å². The average molecular weight is 207 g/mol. The van der Waals surface area contributed by atoms with Crippen LogP contribution in [0.2, 0.25) is 0 Å². The number of ether oxygens (including phenoxy) is 1. The van der Waals surface area contributed by atoms with E-state index in [-0.39, 0.29) is 0 Å². The van der Waals surface area contributed by atoms with Crippen LogP contribution in [0.3, 0.4) is 0 Å². The predicted molar refractivity (Wildman–Crippen MR) is 65.3 cm³/mol. The van der Waals surface area contributed by atoms with Crippen LogP contribution in [0, 0.1) is 0 Å². The molecular formula is C13H21NO. The van der Waals surface area contributed by atoms with Gasteiger partial charge in [0.05, 0.1) is 0 Å². The fraction of sp³-hybridized carbons (Fsp3) is 0.538. The summed E-state index contributed by atoms with van der Waals surface area (Å²) in [6.45, 7) is 4.93. The molecule has 2 nitrogen and oxygen atoms in total. The van der Waals surface area contributed by atoms with E-state index in [2.05, 4.69) is 24.4 Å². The third-order valence-corrected chi connectivity index (χ3v) is 2.21. The number of benzene rings is 1. The standard InChI is InChI=1S/C13H21NO/c1-2-3-11-15-12-7-10-14-13-8-5-4-6-9-13/h4-6,8-9,14H,2-3,7,10-12H2,1H3. The van der Waals surface area contributed by atoms with E-state index in [0.717, 1.165) is 26.2 Å². The Bertz CT molecular complexity index is 236. The lowest BCUT2D eigenvalue weighted by molar-refractivity contribution is 0.131. The van der Waals surface area contributed by atoms with E-state index in [0.29, 0.717) is 0 Å². The molecule has 1 rings (SSSR count). The summed E-state index contributed by atoms with van der Waals surface area (Å²) < 4.78 is 5.47. The van der Waals surface area contributed by atoms with E-state index in [1.54, 1.807) is 0 Å². The van der Waals surface area contributed by atoms with Crippen molar-refractivity contribution in [2.75, 3.05) is 25.1 Å². The molecule has 0 spiro atoms. The van der Waals surface area contributed by atoms with Crippen molar-refractivity contribution in [2.45, 2.75) is 26.2 Å². The maximum atomic E-state index is 5.47. The van der Waals surface area contributed by atoms with Gasteiger partial charge in [0.1, 0.15) is 0 Å². The number of anilines is 1. The topological polar surface area (TPSA) is 21.3 Å². The minimum absolute atomic E-state index is 0.861. The van der Waals surface area contributed by atoms with Gasteiger partial charge in [-0.25, -0.2) is 0 Å². The zero-order valence-corrected chi connectivity index (χ0v) is 9.54. The number of hydrogen-bond acceptors (Lipinski definition) is 2. The quantitative estimate of drug-likeness (QED) is 0.660. The Morgan fingerprint density at radius 3 is 2.53 bits per heavy atom. The van der Waals surface area contributed by atoms with Crippen LogP contribution in [-0.4, -0.2) is 19.8 Å². The van der Waals surface area contributed by atoms with Crippen molar-refractivity contribution in [2.24, 2.45) is 0 Å². The van der Waals surface area contributed by atoms with Crippen molar-refractivity contribution in [3.8, 4) is 0 Å². The minimum Gasteiger partial charge on any atom is -0.385 e. The van der Waals surface area contributed by atoms with E-state index in [1.807, 2.05) is 18.2 Å². The monoisotopic (exact) mass is 207 g/mol. The third kappa shape index (κ3) is 6.13. The number of rotatable bonds is 8. The maximum Gasteiger partial charge on any atom is 0.0482 e. The van der Waals surface area contributed by atoms with Crippen LogP contribution in [0.25, 0.3) is 0 Å². The Labute approximate surface area is 92.6 Å². The molecule has 0 saturated carbocycles. The fourth-order valence-electron chi connectivity index (χ4n) is 1.31. The largest absolute Gasteiger partial charge is 0.385 e. The fourth-order valence-corrected chi connectivity index (χ4v) is 1.31. The molecule has 0 aliphatic heterocycles. The lowest BCUT2D eigenvalue weighted by atomic mass is 10.3. The van der Waals surface area contributed by atoms with Gasteiger partial charge in [-0.1, -0.05) is 31.5 Å². The van der Waals surface area contributed by atoms with Crippen LogP contribution in [-0.2, 0) is 4.74 Å². The zero-order valence-electron chi connectivity index (χ0n) is 9.54. The molecule has 0 aromatic heterocycles. The molecular weight excluding hydrogens is 186 g/mol. The second-order valence-electron chi connectivity index (χ2n) is 3.61. The third-order valence-electron chi connectivity index (χ3n) is 2.21. The van der Waals surface area contributed by atoms with Crippen LogP contribution >= 0.6 is 0 Å². The molecule has 1 aromatic carbocycles. The maximum absolute atomic E-state index is 5.47.